The van der Waals surface area contributed by atoms with Crippen molar-refractivity contribution in [3.8, 4) is 0 Å². The number of fused-ring (bicyclic) bond motifs is 1. The average Bonchev–Trinajstić information content (AvgIpc) is 2.57. The molecule has 0 bridgehead atoms. The molecule has 1 unspecified atom stereocenters. The lowest BCUT2D eigenvalue weighted by atomic mass is 10.1. The van der Waals surface area contributed by atoms with E-state index in [0.29, 0.717) is 16.1 Å². The largest absolute Gasteiger partial charge is 0.361 e. The van der Waals surface area contributed by atoms with Gasteiger partial charge in [-0.3, -0.25) is 9.59 Å². The predicted molar refractivity (Wildman–Crippen MR) is 100 cm³/mol. The quantitative estimate of drug-likeness (QED) is 0.647. The Morgan fingerprint density at radius 2 is 2.08 bits per heavy atom. The molecule has 1 aromatic carbocycles. The second-order valence-electron chi connectivity index (χ2n) is 5.85. The lowest BCUT2D eigenvalue weighted by Gasteiger charge is -2.16. The van der Waals surface area contributed by atoms with E-state index in [1.807, 2.05) is 0 Å². The molecule has 0 aliphatic heterocycles. The number of carbonyl (C=O) groups excluding carboxylic acids is 1. The van der Waals surface area contributed by atoms with Crippen LogP contribution in [0.1, 0.15) is 25.5 Å². The molecule has 0 radical (unpaired) electrons. The van der Waals surface area contributed by atoms with Crippen LogP contribution in [-0.4, -0.2) is 15.9 Å². The number of rotatable bonds is 4. The summed E-state index contributed by atoms with van der Waals surface area (Å²) < 4.78 is 14.5. The summed E-state index contributed by atoms with van der Waals surface area (Å²) in [7, 11) is 0. The maximum absolute atomic E-state index is 14.5. The Morgan fingerprint density at radius 3 is 2.81 bits per heavy atom. The van der Waals surface area contributed by atoms with Crippen LogP contribution in [0.15, 0.2) is 41.3 Å². The van der Waals surface area contributed by atoms with Gasteiger partial charge in [0, 0.05) is 34.6 Å². The first kappa shape index (κ1) is 17.9. The van der Waals surface area contributed by atoms with Crippen LogP contribution in [0.5, 0.6) is 0 Å². The fraction of sp³-hybridized carbons (Fsp3) is 0.167. The van der Waals surface area contributed by atoms with Gasteiger partial charge in [0.05, 0.1) is 11.7 Å². The van der Waals surface area contributed by atoms with E-state index in [0.717, 1.165) is 5.39 Å². The number of nitrogens with one attached hydrogen (secondary N) is 3. The number of hydrogen-bond acceptors (Lipinski definition) is 4. The second kappa shape index (κ2) is 7.13. The fourth-order valence-electron chi connectivity index (χ4n) is 2.63. The zero-order valence-corrected chi connectivity index (χ0v) is 14.8. The average molecular weight is 375 g/mol. The lowest BCUT2D eigenvalue weighted by molar-refractivity contribution is -0.114. The van der Waals surface area contributed by atoms with E-state index in [9.17, 15) is 14.0 Å². The molecule has 3 N–H and O–H groups in total. The number of aromatic nitrogens is 2. The Bertz CT molecular complexity index is 1050. The van der Waals surface area contributed by atoms with E-state index >= 15 is 0 Å². The first-order valence-electron chi connectivity index (χ1n) is 7.86. The summed E-state index contributed by atoms with van der Waals surface area (Å²) in [6.07, 6.45) is 1.37. The molecule has 3 rings (SSSR count). The zero-order chi connectivity index (χ0) is 18.8. The highest BCUT2D eigenvalue weighted by molar-refractivity contribution is 6.31. The molecule has 0 saturated heterocycles. The second-order valence-corrected chi connectivity index (χ2v) is 6.29. The number of pyridine rings is 2. The molecule has 0 aliphatic rings. The minimum Gasteiger partial charge on any atom is -0.361 e. The smallest absolute Gasteiger partial charge is 0.253 e. The molecule has 2 aromatic heterocycles. The molecular formula is C18H16ClFN4O2. The number of carbonyl (C=O) groups is 1. The van der Waals surface area contributed by atoms with Gasteiger partial charge in [-0.2, -0.15) is 0 Å². The number of nitrogens with zero attached hydrogens (tertiary/aromatic N) is 1. The molecular weight excluding hydrogens is 359 g/mol. The van der Waals surface area contributed by atoms with Gasteiger partial charge in [0.1, 0.15) is 0 Å². The number of halogens is 2. The Labute approximate surface area is 153 Å². The topological polar surface area (TPSA) is 86.9 Å². The molecule has 0 spiro atoms. The van der Waals surface area contributed by atoms with Crippen LogP contribution in [0, 0.1) is 5.82 Å². The van der Waals surface area contributed by atoms with E-state index < -0.39 is 17.8 Å². The van der Waals surface area contributed by atoms with Crippen LogP contribution in [0.4, 0.5) is 15.9 Å². The SMILES string of the molecule is CC(=O)Nc1ccnc(NC(C)c2cc3cc(Cl)ccc3[nH]c2=O)c1F. The standard InChI is InChI=1S/C18H16ClFN4O2/c1-9(22-17-16(20)15(5-6-21-17)23-10(2)25)13-8-11-7-12(19)3-4-14(11)24-18(13)26/h3-9H,1-2H3,(H,24,26)(H2,21,22,23,25). The molecule has 3 aromatic rings. The van der Waals surface area contributed by atoms with Crippen LogP contribution in [0.2, 0.25) is 5.02 Å². The van der Waals surface area contributed by atoms with Gasteiger partial charge in [-0.05, 0) is 37.3 Å². The van der Waals surface area contributed by atoms with E-state index in [4.69, 9.17) is 11.6 Å². The van der Waals surface area contributed by atoms with Crippen molar-refractivity contribution < 1.29 is 9.18 Å². The van der Waals surface area contributed by atoms with Crippen molar-refractivity contribution in [1.29, 1.82) is 0 Å². The summed E-state index contributed by atoms with van der Waals surface area (Å²) in [5.74, 6) is -1.15. The molecule has 1 atom stereocenters. The summed E-state index contributed by atoms with van der Waals surface area (Å²) in [4.78, 5) is 30.2. The van der Waals surface area contributed by atoms with Crippen LogP contribution < -0.4 is 16.2 Å². The number of H-pyrrole nitrogens is 1. The molecule has 1 amide bonds. The van der Waals surface area contributed by atoms with Gasteiger partial charge in [0.2, 0.25) is 5.91 Å². The van der Waals surface area contributed by atoms with Crippen molar-refractivity contribution in [2.75, 3.05) is 10.6 Å². The number of hydrogen-bond donors (Lipinski definition) is 3. The van der Waals surface area contributed by atoms with Gasteiger partial charge in [-0.15, -0.1) is 0 Å². The van der Waals surface area contributed by atoms with Gasteiger partial charge in [0.25, 0.3) is 5.56 Å². The monoisotopic (exact) mass is 374 g/mol. The van der Waals surface area contributed by atoms with E-state index in [2.05, 4.69) is 20.6 Å². The van der Waals surface area contributed by atoms with Gasteiger partial charge in [0.15, 0.2) is 11.6 Å². The Morgan fingerprint density at radius 1 is 1.31 bits per heavy atom. The Hall–Kier alpha value is -2.93. The minimum atomic E-state index is -0.699. The molecule has 26 heavy (non-hydrogen) atoms. The van der Waals surface area contributed by atoms with Crippen LogP contribution in [0.3, 0.4) is 0 Å². The highest BCUT2D eigenvalue weighted by Gasteiger charge is 2.16. The van der Waals surface area contributed by atoms with Crippen molar-refractivity contribution in [2.24, 2.45) is 0 Å². The van der Waals surface area contributed by atoms with Crippen LogP contribution in [0.25, 0.3) is 10.9 Å². The summed E-state index contributed by atoms with van der Waals surface area (Å²) in [5.41, 5.74) is 0.790. The number of aromatic amines is 1. The lowest BCUT2D eigenvalue weighted by Crippen LogP contribution is -2.20. The Kier molecular flexibility index (Phi) is 4.90. The fourth-order valence-corrected chi connectivity index (χ4v) is 2.81. The third-order valence-corrected chi connectivity index (χ3v) is 4.09. The zero-order valence-electron chi connectivity index (χ0n) is 14.1. The first-order valence-corrected chi connectivity index (χ1v) is 8.24. The number of benzene rings is 1. The van der Waals surface area contributed by atoms with E-state index in [1.54, 1.807) is 31.2 Å². The predicted octanol–water partition coefficient (Wildman–Crippen LogP) is 3.85. The van der Waals surface area contributed by atoms with E-state index in [-0.39, 0.29) is 17.1 Å². The van der Waals surface area contributed by atoms with Gasteiger partial charge >= 0.3 is 0 Å². The maximum atomic E-state index is 14.5. The van der Waals surface area contributed by atoms with Crippen molar-refractivity contribution in [3.63, 3.8) is 0 Å². The molecule has 134 valence electrons. The number of anilines is 2. The summed E-state index contributed by atoms with van der Waals surface area (Å²) in [6, 6.07) is 7.67. The van der Waals surface area contributed by atoms with Crippen molar-refractivity contribution in [3.05, 3.63) is 63.3 Å². The molecule has 0 saturated carbocycles. The van der Waals surface area contributed by atoms with Gasteiger partial charge in [-0.1, -0.05) is 11.6 Å². The van der Waals surface area contributed by atoms with Crippen LogP contribution in [-0.2, 0) is 4.79 Å². The first-order chi connectivity index (χ1) is 12.3. The van der Waals surface area contributed by atoms with Crippen molar-refractivity contribution in [1.82, 2.24) is 9.97 Å². The molecule has 0 fully saturated rings. The Balaban J connectivity index is 1.94. The maximum Gasteiger partial charge on any atom is 0.253 e. The van der Waals surface area contributed by atoms with Gasteiger partial charge in [-0.25, -0.2) is 9.37 Å². The third kappa shape index (κ3) is 3.67. The third-order valence-electron chi connectivity index (χ3n) is 3.85. The van der Waals surface area contributed by atoms with Gasteiger partial charge < -0.3 is 15.6 Å². The van der Waals surface area contributed by atoms with E-state index in [1.165, 1.54) is 19.2 Å². The highest BCUT2D eigenvalue weighted by atomic mass is 35.5. The molecule has 2 heterocycles. The molecule has 6 nitrogen and oxygen atoms in total. The van der Waals surface area contributed by atoms with Crippen molar-refractivity contribution >= 4 is 39.9 Å². The minimum absolute atomic E-state index is 0.0152. The molecule has 0 aliphatic carbocycles. The summed E-state index contributed by atoms with van der Waals surface area (Å²) in [6.45, 7) is 3.00. The summed E-state index contributed by atoms with van der Waals surface area (Å²) >= 11 is 6.00. The number of amides is 1. The highest BCUT2D eigenvalue weighted by Crippen LogP contribution is 2.25. The summed E-state index contributed by atoms with van der Waals surface area (Å²) in [5, 5.41) is 6.57. The molecule has 8 heteroatoms. The normalized spacial score (nSPS) is 12.0. The van der Waals surface area contributed by atoms with Crippen LogP contribution >= 0.6 is 11.6 Å². The van der Waals surface area contributed by atoms with Crippen molar-refractivity contribution in [2.45, 2.75) is 19.9 Å².